The molecule has 3 atom stereocenters. The summed E-state index contributed by atoms with van der Waals surface area (Å²) >= 11 is 7.52. The lowest BCUT2D eigenvalue weighted by molar-refractivity contribution is 0.0700. The van der Waals surface area contributed by atoms with Gasteiger partial charge in [-0.3, -0.25) is 4.79 Å². The maximum atomic E-state index is 13.3. The van der Waals surface area contributed by atoms with Crippen LogP contribution in [0.25, 0.3) is 10.4 Å². The van der Waals surface area contributed by atoms with Crippen molar-refractivity contribution in [3.63, 3.8) is 0 Å². The maximum Gasteiger partial charge on any atom is 0.274 e. The predicted octanol–water partition coefficient (Wildman–Crippen LogP) is 3.42. The zero-order chi connectivity index (χ0) is 17.6. The average molecular weight is 378 g/mol. The number of halogens is 1. The summed E-state index contributed by atoms with van der Waals surface area (Å²) < 4.78 is 5.56. The highest BCUT2D eigenvalue weighted by Crippen LogP contribution is 2.49. The highest BCUT2D eigenvalue weighted by Gasteiger charge is 2.54. The number of aromatic nitrogens is 1. The van der Waals surface area contributed by atoms with Crippen molar-refractivity contribution in [2.75, 3.05) is 13.2 Å². The minimum Gasteiger partial charge on any atom is -0.470 e. The van der Waals surface area contributed by atoms with Gasteiger partial charge in [0.05, 0.1) is 11.5 Å². The number of carbonyl (C=O) groups excluding carboxylic acids is 1. The van der Waals surface area contributed by atoms with Crippen molar-refractivity contribution in [1.29, 1.82) is 0 Å². The van der Waals surface area contributed by atoms with Crippen LogP contribution in [0.5, 0.6) is 5.19 Å². The van der Waals surface area contributed by atoms with Crippen LogP contribution >= 0.6 is 22.9 Å². The summed E-state index contributed by atoms with van der Waals surface area (Å²) in [6.45, 7) is 2.91. The Labute approximate surface area is 155 Å². The topological polar surface area (TPSA) is 68.5 Å². The van der Waals surface area contributed by atoms with E-state index in [0.717, 1.165) is 23.3 Å². The summed E-state index contributed by atoms with van der Waals surface area (Å²) in [4.78, 5) is 20.5. The van der Waals surface area contributed by atoms with E-state index in [1.54, 1.807) is 0 Å². The van der Waals surface area contributed by atoms with Crippen LogP contribution in [0.1, 0.15) is 30.3 Å². The fourth-order valence-electron chi connectivity index (χ4n) is 3.66. The zero-order valence-corrected chi connectivity index (χ0v) is 15.5. The standard InChI is InChI=1S/C18H20ClN3O2S/c1-2-24-18-21-15(16(25-18)10-4-3-5-12(19)6-10)17(23)22-13(9-20)7-11-8-14(11)22/h3-6,11,13-14H,2,7-9,20H2,1H3/t11-,13+,14+/m1/s1. The van der Waals surface area contributed by atoms with Gasteiger partial charge in [0.25, 0.3) is 11.1 Å². The highest BCUT2D eigenvalue weighted by molar-refractivity contribution is 7.17. The molecule has 25 heavy (non-hydrogen) atoms. The molecular formula is C18H20ClN3O2S. The number of likely N-dealkylation sites (tertiary alicyclic amines) is 1. The van der Waals surface area contributed by atoms with Gasteiger partial charge in [-0.1, -0.05) is 35.1 Å². The van der Waals surface area contributed by atoms with Gasteiger partial charge in [0, 0.05) is 23.7 Å². The van der Waals surface area contributed by atoms with Crippen molar-refractivity contribution in [3.8, 4) is 15.6 Å². The Morgan fingerprint density at radius 3 is 3.04 bits per heavy atom. The Hall–Kier alpha value is -1.63. The summed E-state index contributed by atoms with van der Waals surface area (Å²) in [7, 11) is 0. The molecule has 5 nitrogen and oxygen atoms in total. The van der Waals surface area contributed by atoms with Crippen LogP contribution in [0.4, 0.5) is 0 Å². The second-order valence-electron chi connectivity index (χ2n) is 6.50. The minimum atomic E-state index is -0.0439. The molecule has 2 aliphatic rings. The molecule has 1 aliphatic carbocycles. The molecule has 1 saturated carbocycles. The lowest BCUT2D eigenvalue weighted by Gasteiger charge is -2.26. The third kappa shape index (κ3) is 3.03. The van der Waals surface area contributed by atoms with Crippen LogP contribution in [0.2, 0.25) is 5.02 Å². The molecule has 4 rings (SSSR count). The molecule has 2 heterocycles. The van der Waals surface area contributed by atoms with E-state index in [0.29, 0.717) is 41.0 Å². The van der Waals surface area contributed by atoms with Gasteiger partial charge in [-0.2, -0.15) is 4.98 Å². The number of hydrogen-bond acceptors (Lipinski definition) is 5. The number of amides is 1. The number of carbonyl (C=O) groups is 1. The van der Waals surface area contributed by atoms with Crippen LogP contribution in [0.3, 0.4) is 0 Å². The summed E-state index contributed by atoms with van der Waals surface area (Å²) in [6.07, 6.45) is 2.08. The molecule has 0 bridgehead atoms. The molecule has 2 aromatic rings. The molecule has 1 amide bonds. The summed E-state index contributed by atoms with van der Waals surface area (Å²) in [5.41, 5.74) is 7.22. The van der Waals surface area contributed by atoms with Crippen molar-refractivity contribution >= 4 is 28.8 Å². The number of fused-ring (bicyclic) bond motifs is 1. The molecule has 1 aromatic heterocycles. The molecule has 0 unspecified atom stereocenters. The number of hydrogen-bond donors (Lipinski definition) is 1. The highest BCUT2D eigenvalue weighted by atomic mass is 35.5. The number of thiazole rings is 1. The predicted molar refractivity (Wildman–Crippen MR) is 99.3 cm³/mol. The first kappa shape index (κ1) is 16.8. The first-order chi connectivity index (χ1) is 12.1. The fourth-order valence-corrected chi connectivity index (χ4v) is 4.82. The van der Waals surface area contributed by atoms with Crippen LogP contribution in [0.15, 0.2) is 24.3 Å². The van der Waals surface area contributed by atoms with Crippen LogP contribution in [-0.4, -0.2) is 41.0 Å². The van der Waals surface area contributed by atoms with Crippen molar-refractivity contribution in [2.45, 2.75) is 31.8 Å². The van der Waals surface area contributed by atoms with Gasteiger partial charge in [0.2, 0.25) is 0 Å². The molecule has 1 saturated heterocycles. The van der Waals surface area contributed by atoms with E-state index in [4.69, 9.17) is 22.1 Å². The second kappa shape index (κ2) is 6.59. The quantitative estimate of drug-likeness (QED) is 0.866. The lowest BCUT2D eigenvalue weighted by Crippen LogP contribution is -2.42. The van der Waals surface area contributed by atoms with E-state index in [2.05, 4.69) is 4.98 Å². The molecule has 0 radical (unpaired) electrons. The largest absolute Gasteiger partial charge is 0.470 e. The summed E-state index contributed by atoms with van der Waals surface area (Å²) in [5.74, 6) is 0.565. The number of nitrogens with two attached hydrogens (primary N) is 1. The third-order valence-electron chi connectivity index (χ3n) is 4.88. The van der Waals surface area contributed by atoms with Gasteiger partial charge in [-0.25, -0.2) is 0 Å². The van der Waals surface area contributed by atoms with E-state index in [-0.39, 0.29) is 11.9 Å². The average Bonchev–Trinajstić information content (AvgIpc) is 3.07. The van der Waals surface area contributed by atoms with E-state index in [1.165, 1.54) is 11.3 Å². The molecule has 1 aliphatic heterocycles. The second-order valence-corrected chi connectivity index (χ2v) is 7.90. The molecule has 0 spiro atoms. The zero-order valence-electron chi connectivity index (χ0n) is 13.9. The summed E-state index contributed by atoms with van der Waals surface area (Å²) in [5, 5.41) is 1.14. The normalized spacial score (nSPS) is 24.3. The van der Waals surface area contributed by atoms with Crippen molar-refractivity contribution in [2.24, 2.45) is 11.7 Å². The Morgan fingerprint density at radius 1 is 1.48 bits per heavy atom. The first-order valence-electron chi connectivity index (χ1n) is 8.54. The Morgan fingerprint density at radius 2 is 2.32 bits per heavy atom. The Balaban J connectivity index is 1.74. The fraction of sp³-hybridized carbons (Fsp3) is 0.444. The maximum absolute atomic E-state index is 13.3. The smallest absolute Gasteiger partial charge is 0.274 e. The van der Waals surface area contributed by atoms with Gasteiger partial charge in [-0.05, 0) is 43.4 Å². The molecule has 2 N–H and O–H groups in total. The molecule has 2 fully saturated rings. The van der Waals surface area contributed by atoms with E-state index in [1.807, 2.05) is 36.1 Å². The Kier molecular flexibility index (Phi) is 4.43. The third-order valence-corrected chi connectivity index (χ3v) is 6.13. The SMILES string of the molecule is CCOc1nc(C(=O)N2[C@H](CN)C[C@@H]3C[C@@H]32)c(-c2cccc(Cl)c2)s1. The number of ether oxygens (including phenoxy) is 1. The van der Waals surface area contributed by atoms with Gasteiger partial charge >= 0.3 is 0 Å². The van der Waals surface area contributed by atoms with Crippen LogP contribution in [-0.2, 0) is 0 Å². The van der Waals surface area contributed by atoms with Gasteiger partial charge in [0.15, 0.2) is 5.69 Å². The van der Waals surface area contributed by atoms with Crippen molar-refractivity contribution in [1.82, 2.24) is 9.88 Å². The van der Waals surface area contributed by atoms with Gasteiger partial charge in [0.1, 0.15) is 0 Å². The van der Waals surface area contributed by atoms with Gasteiger partial charge in [-0.15, -0.1) is 0 Å². The minimum absolute atomic E-state index is 0.0439. The molecule has 7 heteroatoms. The van der Waals surface area contributed by atoms with E-state index in [9.17, 15) is 4.79 Å². The lowest BCUT2D eigenvalue weighted by atomic mass is 10.1. The van der Waals surface area contributed by atoms with Crippen LogP contribution in [0, 0.1) is 5.92 Å². The summed E-state index contributed by atoms with van der Waals surface area (Å²) in [6, 6.07) is 7.92. The molecular weight excluding hydrogens is 358 g/mol. The first-order valence-corrected chi connectivity index (χ1v) is 9.74. The van der Waals surface area contributed by atoms with E-state index < -0.39 is 0 Å². The van der Waals surface area contributed by atoms with Crippen molar-refractivity contribution < 1.29 is 9.53 Å². The molecule has 1 aromatic carbocycles. The molecule has 132 valence electrons. The van der Waals surface area contributed by atoms with Crippen LogP contribution < -0.4 is 10.5 Å². The van der Waals surface area contributed by atoms with E-state index >= 15 is 0 Å². The Bertz CT molecular complexity index is 809. The number of benzene rings is 1. The van der Waals surface area contributed by atoms with Gasteiger partial charge < -0.3 is 15.4 Å². The number of piperidine rings is 1. The van der Waals surface area contributed by atoms with Crippen molar-refractivity contribution in [3.05, 3.63) is 35.0 Å². The number of nitrogens with zero attached hydrogens (tertiary/aromatic N) is 2. The number of rotatable bonds is 5. The monoisotopic (exact) mass is 377 g/mol.